The van der Waals surface area contributed by atoms with Crippen LogP contribution >= 0.6 is 0 Å². The van der Waals surface area contributed by atoms with Gasteiger partial charge in [0.25, 0.3) is 0 Å². The molecule has 0 N–H and O–H groups in total. The fourth-order valence-electron chi connectivity index (χ4n) is 3.34. The molecule has 0 spiro atoms. The van der Waals surface area contributed by atoms with Gasteiger partial charge < -0.3 is 4.74 Å². The number of carbonyl (C=O) groups excluding carboxylic acids is 1. The largest absolute Gasteiger partial charge is 0.469 e. The van der Waals surface area contributed by atoms with Crippen LogP contribution in [0.2, 0.25) is 0 Å². The molecule has 120 valence electrons. The van der Waals surface area contributed by atoms with Crippen LogP contribution in [0, 0.1) is 11.7 Å². The number of methoxy groups -OCH3 is 1. The van der Waals surface area contributed by atoms with Crippen molar-refractivity contribution in [2.45, 2.75) is 12.5 Å². The highest BCUT2D eigenvalue weighted by atomic mass is 19.1. The molecular formula is C19H20FNO2. The summed E-state index contributed by atoms with van der Waals surface area (Å²) in [4.78, 5) is 14.3. The second kappa shape index (κ2) is 6.92. The molecule has 0 bridgehead atoms. The average Bonchev–Trinajstić information content (AvgIpc) is 2.99. The van der Waals surface area contributed by atoms with Crippen LogP contribution in [0.1, 0.15) is 17.0 Å². The molecule has 0 radical (unpaired) electrons. The van der Waals surface area contributed by atoms with Crippen molar-refractivity contribution in [1.82, 2.24) is 4.90 Å². The molecular weight excluding hydrogens is 293 g/mol. The summed E-state index contributed by atoms with van der Waals surface area (Å²) in [6.45, 7) is 1.98. The van der Waals surface area contributed by atoms with Crippen LogP contribution in [0.5, 0.6) is 0 Å². The predicted molar refractivity (Wildman–Crippen MR) is 86.4 cm³/mol. The Balaban J connectivity index is 1.82. The van der Waals surface area contributed by atoms with Crippen molar-refractivity contribution in [1.29, 1.82) is 0 Å². The molecule has 2 atom stereocenters. The van der Waals surface area contributed by atoms with E-state index < -0.39 is 0 Å². The lowest BCUT2D eigenvalue weighted by atomic mass is 9.88. The van der Waals surface area contributed by atoms with E-state index in [2.05, 4.69) is 17.0 Å². The van der Waals surface area contributed by atoms with Crippen LogP contribution in [0.25, 0.3) is 0 Å². The predicted octanol–water partition coefficient (Wildman–Crippen LogP) is 3.21. The minimum Gasteiger partial charge on any atom is -0.469 e. The van der Waals surface area contributed by atoms with E-state index in [4.69, 9.17) is 4.74 Å². The maximum Gasteiger partial charge on any atom is 0.310 e. The lowest BCUT2D eigenvalue weighted by Crippen LogP contribution is -2.24. The van der Waals surface area contributed by atoms with Crippen LogP contribution in [0.3, 0.4) is 0 Å². The molecule has 1 fully saturated rings. The van der Waals surface area contributed by atoms with Crippen molar-refractivity contribution in [2.75, 3.05) is 20.2 Å². The van der Waals surface area contributed by atoms with E-state index >= 15 is 0 Å². The highest BCUT2D eigenvalue weighted by Crippen LogP contribution is 2.35. The first-order valence-electron chi connectivity index (χ1n) is 7.77. The average molecular weight is 313 g/mol. The normalized spacial score (nSPS) is 21.3. The molecule has 1 saturated heterocycles. The minimum absolute atomic E-state index is 0.174. The Kier molecular flexibility index (Phi) is 4.72. The Labute approximate surface area is 135 Å². The third kappa shape index (κ3) is 3.42. The molecule has 4 heteroatoms. The Morgan fingerprint density at radius 3 is 2.52 bits per heavy atom. The summed E-state index contributed by atoms with van der Waals surface area (Å²) in [5, 5.41) is 0. The van der Waals surface area contributed by atoms with Gasteiger partial charge in [0.2, 0.25) is 0 Å². The molecule has 1 heterocycles. The molecule has 0 aromatic heterocycles. The Morgan fingerprint density at radius 1 is 1.13 bits per heavy atom. The van der Waals surface area contributed by atoms with Crippen molar-refractivity contribution in [3.63, 3.8) is 0 Å². The van der Waals surface area contributed by atoms with E-state index in [1.807, 2.05) is 24.3 Å². The zero-order chi connectivity index (χ0) is 16.2. The van der Waals surface area contributed by atoms with Gasteiger partial charge in [-0.05, 0) is 17.2 Å². The van der Waals surface area contributed by atoms with Gasteiger partial charge in [0, 0.05) is 25.6 Å². The summed E-state index contributed by atoms with van der Waals surface area (Å²) in [5.74, 6) is -1.03. The SMILES string of the molecule is COC(=O)C1CN(Cc2ccccc2)CC1c1ccccc1F. The second-order valence-electron chi connectivity index (χ2n) is 5.94. The monoisotopic (exact) mass is 313 g/mol. The van der Waals surface area contributed by atoms with E-state index in [9.17, 15) is 9.18 Å². The molecule has 1 aliphatic heterocycles. The maximum absolute atomic E-state index is 14.2. The van der Waals surface area contributed by atoms with Crippen molar-refractivity contribution in [3.05, 3.63) is 71.5 Å². The van der Waals surface area contributed by atoms with Gasteiger partial charge in [-0.1, -0.05) is 48.5 Å². The zero-order valence-corrected chi connectivity index (χ0v) is 13.1. The molecule has 0 amide bonds. The van der Waals surface area contributed by atoms with E-state index in [1.54, 1.807) is 12.1 Å². The number of benzene rings is 2. The van der Waals surface area contributed by atoms with Gasteiger partial charge in [-0.25, -0.2) is 4.39 Å². The van der Waals surface area contributed by atoms with Crippen LogP contribution in [-0.2, 0) is 16.1 Å². The summed E-state index contributed by atoms with van der Waals surface area (Å²) >= 11 is 0. The number of nitrogens with zero attached hydrogens (tertiary/aromatic N) is 1. The Hall–Kier alpha value is -2.20. The molecule has 23 heavy (non-hydrogen) atoms. The maximum atomic E-state index is 14.2. The first-order chi connectivity index (χ1) is 11.2. The number of carbonyl (C=O) groups is 1. The van der Waals surface area contributed by atoms with Gasteiger partial charge in [0.1, 0.15) is 5.82 Å². The standard InChI is InChI=1S/C19H20FNO2/c1-23-19(22)17-13-21(11-14-7-3-2-4-8-14)12-16(17)15-9-5-6-10-18(15)20/h2-10,16-17H,11-13H2,1H3. The number of hydrogen-bond acceptors (Lipinski definition) is 3. The number of rotatable bonds is 4. The van der Waals surface area contributed by atoms with E-state index in [0.717, 1.165) is 6.54 Å². The van der Waals surface area contributed by atoms with Crippen molar-refractivity contribution in [3.8, 4) is 0 Å². The Bertz CT molecular complexity index is 674. The third-order valence-electron chi connectivity index (χ3n) is 4.45. The fourth-order valence-corrected chi connectivity index (χ4v) is 3.34. The molecule has 3 rings (SSSR count). The molecule has 2 unspecified atom stereocenters. The van der Waals surface area contributed by atoms with Crippen molar-refractivity contribution in [2.24, 2.45) is 5.92 Å². The summed E-state index contributed by atoms with van der Waals surface area (Å²) in [5.41, 5.74) is 1.78. The van der Waals surface area contributed by atoms with Crippen molar-refractivity contribution < 1.29 is 13.9 Å². The summed E-state index contributed by atoms with van der Waals surface area (Å²) in [6.07, 6.45) is 0. The summed E-state index contributed by atoms with van der Waals surface area (Å²) in [6, 6.07) is 16.8. The number of halogens is 1. The summed E-state index contributed by atoms with van der Waals surface area (Å²) < 4.78 is 19.1. The topological polar surface area (TPSA) is 29.5 Å². The van der Waals surface area contributed by atoms with Crippen LogP contribution < -0.4 is 0 Å². The van der Waals surface area contributed by atoms with Gasteiger partial charge in [0.05, 0.1) is 13.0 Å². The van der Waals surface area contributed by atoms with Crippen LogP contribution in [0.4, 0.5) is 4.39 Å². The van der Waals surface area contributed by atoms with Crippen LogP contribution in [-0.4, -0.2) is 31.1 Å². The van der Waals surface area contributed by atoms with E-state index in [0.29, 0.717) is 18.7 Å². The van der Waals surface area contributed by atoms with Gasteiger partial charge in [-0.15, -0.1) is 0 Å². The van der Waals surface area contributed by atoms with Gasteiger partial charge in [-0.2, -0.15) is 0 Å². The van der Waals surface area contributed by atoms with E-state index in [1.165, 1.54) is 18.7 Å². The number of likely N-dealkylation sites (tertiary alicyclic amines) is 1. The van der Waals surface area contributed by atoms with Crippen molar-refractivity contribution >= 4 is 5.97 Å². The first-order valence-corrected chi connectivity index (χ1v) is 7.77. The molecule has 0 saturated carbocycles. The quantitative estimate of drug-likeness (QED) is 0.812. The number of esters is 1. The second-order valence-corrected chi connectivity index (χ2v) is 5.94. The third-order valence-corrected chi connectivity index (χ3v) is 4.45. The van der Waals surface area contributed by atoms with Gasteiger partial charge >= 0.3 is 5.97 Å². The fraction of sp³-hybridized carbons (Fsp3) is 0.316. The number of ether oxygens (including phenoxy) is 1. The van der Waals surface area contributed by atoms with Crippen LogP contribution in [0.15, 0.2) is 54.6 Å². The zero-order valence-electron chi connectivity index (χ0n) is 13.1. The number of hydrogen-bond donors (Lipinski definition) is 0. The molecule has 3 nitrogen and oxygen atoms in total. The first kappa shape index (κ1) is 15.7. The molecule has 1 aliphatic rings. The van der Waals surface area contributed by atoms with E-state index in [-0.39, 0.29) is 23.6 Å². The van der Waals surface area contributed by atoms with Gasteiger partial charge in [-0.3, -0.25) is 9.69 Å². The highest BCUT2D eigenvalue weighted by Gasteiger charge is 2.40. The molecule has 2 aromatic carbocycles. The minimum atomic E-state index is -0.333. The summed E-state index contributed by atoms with van der Waals surface area (Å²) in [7, 11) is 1.39. The smallest absolute Gasteiger partial charge is 0.310 e. The molecule has 2 aromatic rings. The lowest BCUT2D eigenvalue weighted by molar-refractivity contribution is -0.145. The Morgan fingerprint density at radius 2 is 1.83 bits per heavy atom. The highest BCUT2D eigenvalue weighted by molar-refractivity contribution is 5.74. The lowest BCUT2D eigenvalue weighted by Gasteiger charge is -2.17. The van der Waals surface area contributed by atoms with Gasteiger partial charge in [0.15, 0.2) is 0 Å². The molecule has 0 aliphatic carbocycles.